The van der Waals surface area contributed by atoms with Crippen LogP contribution < -0.4 is 5.32 Å². The van der Waals surface area contributed by atoms with E-state index in [0.29, 0.717) is 6.29 Å². The highest BCUT2D eigenvalue weighted by atomic mass is 19.1. The van der Waals surface area contributed by atoms with Crippen LogP contribution in [0.1, 0.15) is 28.3 Å². The number of carbonyl (C=O) groups is 2. The van der Waals surface area contributed by atoms with E-state index in [9.17, 15) is 18.4 Å². The summed E-state index contributed by atoms with van der Waals surface area (Å²) >= 11 is 0. The lowest BCUT2D eigenvalue weighted by Crippen LogP contribution is -2.14. The molecule has 1 aromatic rings. The van der Waals surface area contributed by atoms with E-state index in [0.717, 1.165) is 12.1 Å². The molecule has 0 bridgehead atoms. The van der Waals surface area contributed by atoms with Crippen LogP contribution in [0.4, 0.5) is 8.78 Å². The quantitative estimate of drug-likeness (QED) is 0.773. The molecule has 0 radical (unpaired) electrons. The van der Waals surface area contributed by atoms with Gasteiger partial charge >= 0.3 is 0 Å². The van der Waals surface area contributed by atoms with Crippen molar-refractivity contribution in [1.29, 1.82) is 0 Å². The summed E-state index contributed by atoms with van der Waals surface area (Å²) in [6.45, 7) is 0.229. The minimum absolute atomic E-state index is 0.0453. The highest BCUT2D eigenvalue weighted by Crippen LogP contribution is 2.28. The molecule has 1 aliphatic heterocycles. The van der Waals surface area contributed by atoms with Gasteiger partial charge in [0, 0.05) is 30.0 Å². The largest absolute Gasteiger partial charge is 0.355 e. The predicted octanol–water partition coefficient (Wildman–Crippen LogP) is 1.38. The van der Waals surface area contributed by atoms with Crippen LogP contribution in [0, 0.1) is 11.6 Å². The Morgan fingerprint density at radius 3 is 2.38 bits per heavy atom. The van der Waals surface area contributed by atoms with Gasteiger partial charge in [0.15, 0.2) is 0 Å². The number of amides is 1. The molecule has 0 saturated carbocycles. The van der Waals surface area contributed by atoms with E-state index >= 15 is 0 Å². The summed E-state index contributed by atoms with van der Waals surface area (Å²) in [4.78, 5) is 21.4. The van der Waals surface area contributed by atoms with E-state index in [1.807, 2.05) is 0 Å². The molecular weight excluding hydrogens is 216 g/mol. The Morgan fingerprint density at radius 1 is 1.31 bits per heavy atom. The van der Waals surface area contributed by atoms with Gasteiger partial charge in [0.05, 0.1) is 0 Å². The zero-order chi connectivity index (χ0) is 11.7. The van der Waals surface area contributed by atoms with Crippen molar-refractivity contribution in [3.05, 3.63) is 34.9 Å². The first-order chi connectivity index (χ1) is 7.61. The molecule has 1 aromatic carbocycles. The van der Waals surface area contributed by atoms with Crippen LogP contribution in [0.3, 0.4) is 0 Å². The van der Waals surface area contributed by atoms with Gasteiger partial charge in [0.1, 0.15) is 17.9 Å². The molecular formula is C11H9F2NO2. The van der Waals surface area contributed by atoms with E-state index < -0.39 is 17.6 Å². The lowest BCUT2D eigenvalue weighted by molar-refractivity contribution is -0.119. The SMILES string of the molecule is O=Cc1cc(F)c(C2CNC(=O)C2)c(F)c1. The summed E-state index contributed by atoms with van der Waals surface area (Å²) < 4.78 is 27.1. The number of halogens is 2. The molecule has 1 saturated heterocycles. The average molecular weight is 225 g/mol. The minimum Gasteiger partial charge on any atom is -0.355 e. The number of aldehydes is 1. The molecule has 16 heavy (non-hydrogen) atoms. The fourth-order valence-electron chi connectivity index (χ4n) is 1.87. The molecule has 1 fully saturated rings. The van der Waals surface area contributed by atoms with E-state index in [1.165, 1.54) is 0 Å². The highest BCUT2D eigenvalue weighted by molar-refractivity contribution is 5.80. The molecule has 84 valence electrons. The van der Waals surface area contributed by atoms with E-state index in [4.69, 9.17) is 0 Å². The molecule has 1 amide bonds. The van der Waals surface area contributed by atoms with Gasteiger partial charge in [-0.25, -0.2) is 8.78 Å². The molecule has 1 N–H and O–H groups in total. The summed E-state index contributed by atoms with van der Waals surface area (Å²) in [5.41, 5.74) is -0.167. The predicted molar refractivity (Wildman–Crippen MR) is 52.1 cm³/mol. The van der Waals surface area contributed by atoms with E-state index in [1.54, 1.807) is 0 Å². The van der Waals surface area contributed by atoms with Crippen LogP contribution in [-0.2, 0) is 4.79 Å². The Labute approximate surface area is 90.5 Å². The lowest BCUT2D eigenvalue weighted by Gasteiger charge is -2.10. The number of hydrogen-bond donors (Lipinski definition) is 1. The molecule has 1 unspecified atom stereocenters. The molecule has 1 atom stereocenters. The maximum Gasteiger partial charge on any atom is 0.220 e. The Kier molecular flexibility index (Phi) is 2.68. The highest BCUT2D eigenvalue weighted by Gasteiger charge is 2.28. The number of nitrogens with one attached hydrogen (secondary N) is 1. The smallest absolute Gasteiger partial charge is 0.220 e. The van der Waals surface area contributed by atoms with Gasteiger partial charge < -0.3 is 5.32 Å². The second-order valence-corrected chi connectivity index (χ2v) is 3.72. The van der Waals surface area contributed by atoms with Gasteiger partial charge in [-0.15, -0.1) is 0 Å². The van der Waals surface area contributed by atoms with Crippen molar-refractivity contribution in [1.82, 2.24) is 5.32 Å². The monoisotopic (exact) mass is 225 g/mol. The number of carbonyl (C=O) groups excluding carboxylic acids is 2. The summed E-state index contributed by atoms with van der Waals surface area (Å²) in [6.07, 6.45) is 0.461. The van der Waals surface area contributed by atoms with Crippen LogP contribution in [0.5, 0.6) is 0 Å². The lowest BCUT2D eigenvalue weighted by atomic mass is 9.96. The normalized spacial score (nSPS) is 19.6. The first-order valence-corrected chi connectivity index (χ1v) is 4.82. The van der Waals surface area contributed by atoms with E-state index in [2.05, 4.69) is 5.32 Å². The molecule has 1 heterocycles. The van der Waals surface area contributed by atoms with E-state index in [-0.39, 0.29) is 30.0 Å². The van der Waals surface area contributed by atoms with Crippen LogP contribution in [0.25, 0.3) is 0 Å². The molecule has 0 aromatic heterocycles. The summed E-state index contributed by atoms with van der Waals surface area (Å²) in [5, 5.41) is 2.51. The van der Waals surface area contributed by atoms with Crippen molar-refractivity contribution >= 4 is 12.2 Å². The third-order valence-electron chi connectivity index (χ3n) is 2.62. The Balaban J connectivity index is 2.41. The van der Waals surface area contributed by atoms with Gasteiger partial charge in [0.2, 0.25) is 5.91 Å². The van der Waals surface area contributed by atoms with Crippen LogP contribution in [0.2, 0.25) is 0 Å². The zero-order valence-electron chi connectivity index (χ0n) is 8.30. The maximum atomic E-state index is 13.5. The second-order valence-electron chi connectivity index (χ2n) is 3.72. The van der Waals surface area contributed by atoms with Crippen LogP contribution >= 0.6 is 0 Å². The van der Waals surface area contributed by atoms with Gasteiger partial charge in [-0.3, -0.25) is 9.59 Å². The molecule has 2 rings (SSSR count). The maximum absolute atomic E-state index is 13.5. The Hall–Kier alpha value is -1.78. The third kappa shape index (κ3) is 1.80. The third-order valence-corrected chi connectivity index (χ3v) is 2.62. The Morgan fingerprint density at radius 2 is 1.94 bits per heavy atom. The van der Waals surface area contributed by atoms with Crippen molar-refractivity contribution < 1.29 is 18.4 Å². The first-order valence-electron chi connectivity index (χ1n) is 4.82. The van der Waals surface area contributed by atoms with Gasteiger partial charge in [-0.1, -0.05) is 0 Å². The fraction of sp³-hybridized carbons (Fsp3) is 0.273. The van der Waals surface area contributed by atoms with Crippen molar-refractivity contribution in [2.45, 2.75) is 12.3 Å². The topological polar surface area (TPSA) is 46.2 Å². The van der Waals surface area contributed by atoms with Crippen molar-refractivity contribution in [3.63, 3.8) is 0 Å². The number of rotatable bonds is 2. The Bertz CT molecular complexity index is 436. The molecule has 0 spiro atoms. The molecule has 3 nitrogen and oxygen atoms in total. The van der Waals surface area contributed by atoms with Gasteiger partial charge in [0.25, 0.3) is 0 Å². The summed E-state index contributed by atoms with van der Waals surface area (Å²) in [7, 11) is 0. The zero-order valence-corrected chi connectivity index (χ0v) is 8.30. The standard InChI is InChI=1S/C11H9F2NO2/c12-8-1-6(5-15)2-9(13)11(8)7-3-10(16)14-4-7/h1-2,5,7H,3-4H2,(H,14,16). The molecule has 5 heteroatoms. The first kappa shape index (κ1) is 10.7. The fourth-order valence-corrected chi connectivity index (χ4v) is 1.87. The number of benzene rings is 1. The minimum atomic E-state index is -0.774. The molecule has 1 aliphatic rings. The number of hydrogen-bond acceptors (Lipinski definition) is 2. The van der Waals surface area contributed by atoms with Crippen LogP contribution in [-0.4, -0.2) is 18.7 Å². The van der Waals surface area contributed by atoms with Gasteiger partial charge in [-0.05, 0) is 12.1 Å². The summed E-state index contributed by atoms with van der Waals surface area (Å²) in [6, 6.07) is 1.96. The second kappa shape index (κ2) is 4.00. The van der Waals surface area contributed by atoms with Crippen molar-refractivity contribution in [2.75, 3.05) is 6.54 Å². The van der Waals surface area contributed by atoms with Crippen LogP contribution in [0.15, 0.2) is 12.1 Å². The van der Waals surface area contributed by atoms with Crippen molar-refractivity contribution in [3.8, 4) is 0 Å². The summed E-state index contributed by atoms with van der Waals surface area (Å²) in [5.74, 6) is -2.26. The average Bonchev–Trinajstić information content (AvgIpc) is 2.63. The molecule has 0 aliphatic carbocycles. The van der Waals surface area contributed by atoms with Crippen molar-refractivity contribution in [2.24, 2.45) is 0 Å². The van der Waals surface area contributed by atoms with Gasteiger partial charge in [-0.2, -0.15) is 0 Å².